The molecule has 118 valence electrons. The van der Waals surface area contributed by atoms with E-state index < -0.39 is 10.0 Å². The Morgan fingerprint density at radius 1 is 1.18 bits per heavy atom. The van der Waals surface area contributed by atoms with E-state index in [2.05, 4.69) is 9.97 Å². The number of aromatic nitrogens is 2. The Kier molecular flexibility index (Phi) is 4.20. The quantitative estimate of drug-likeness (QED) is 0.765. The Bertz CT molecular complexity index is 805. The van der Waals surface area contributed by atoms with Crippen molar-refractivity contribution in [3.05, 3.63) is 30.0 Å². The number of anilines is 2. The molecule has 0 aliphatic carbocycles. The van der Waals surface area contributed by atoms with E-state index in [1.54, 1.807) is 6.07 Å². The van der Waals surface area contributed by atoms with Crippen LogP contribution >= 0.6 is 0 Å². The van der Waals surface area contributed by atoms with Gasteiger partial charge in [-0.1, -0.05) is 19.9 Å². The summed E-state index contributed by atoms with van der Waals surface area (Å²) in [6.07, 6.45) is 1.32. The maximum absolute atomic E-state index is 11.5. The molecule has 1 aromatic heterocycles. The fourth-order valence-corrected chi connectivity index (χ4v) is 2.38. The average molecular weight is 323 g/mol. The van der Waals surface area contributed by atoms with E-state index in [1.807, 2.05) is 13.8 Å². The van der Waals surface area contributed by atoms with Gasteiger partial charge >= 0.3 is 0 Å². The molecule has 1 heterocycles. The molecule has 22 heavy (non-hydrogen) atoms. The number of hydrogen-bond donors (Lipinski definition) is 3. The predicted molar refractivity (Wildman–Crippen MR) is 82.8 cm³/mol. The van der Waals surface area contributed by atoms with Crippen molar-refractivity contribution in [1.29, 1.82) is 0 Å². The molecule has 2 aromatic rings. The number of hydrogen-bond acceptors (Lipinski definition) is 7. The Balaban J connectivity index is 2.51. The molecule has 0 aliphatic rings. The molecule has 0 atom stereocenters. The van der Waals surface area contributed by atoms with Gasteiger partial charge in [-0.15, -0.1) is 0 Å². The minimum absolute atomic E-state index is 0.0206. The van der Waals surface area contributed by atoms with Crippen LogP contribution in [0.5, 0.6) is 11.5 Å². The predicted octanol–water partition coefficient (Wildman–Crippen LogP) is 1.20. The number of nitrogens with zero attached hydrogens (tertiary/aromatic N) is 2. The Labute approximate surface area is 128 Å². The lowest BCUT2D eigenvalue weighted by molar-refractivity contribution is 0.469. The van der Waals surface area contributed by atoms with Gasteiger partial charge in [-0.25, -0.2) is 18.5 Å². The van der Waals surface area contributed by atoms with Crippen molar-refractivity contribution in [2.45, 2.75) is 24.7 Å². The van der Waals surface area contributed by atoms with Crippen molar-refractivity contribution >= 4 is 21.8 Å². The molecule has 0 radical (unpaired) electrons. The van der Waals surface area contributed by atoms with Crippen LogP contribution in [0.2, 0.25) is 0 Å². The van der Waals surface area contributed by atoms with E-state index in [-0.39, 0.29) is 28.3 Å². The lowest BCUT2D eigenvalue weighted by atomic mass is 10.0. The van der Waals surface area contributed by atoms with Crippen molar-refractivity contribution in [2.75, 3.05) is 11.5 Å². The fourth-order valence-electron chi connectivity index (χ4n) is 1.85. The third-order valence-electron chi connectivity index (χ3n) is 2.96. The van der Waals surface area contributed by atoms with Gasteiger partial charge in [0.15, 0.2) is 11.6 Å². The lowest BCUT2D eigenvalue weighted by Crippen LogP contribution is -2.12. The molecule has 0 spiro atoms. The van der Waals surface area contributed by atoms with Crippen LogP contribution in [0.1, 0.15) is 25.3 Å². The molecular formula is C13H17N5O3S. The second kappa shape index (κ2) is 5.78. The van der Waals surface area contributed by atoms with Crippen LogP contribution in [0.3, 0.4) is 0 Å². The third kappa shape index (κ3) is 3.43. The van der Waals surface area contributed by atoms with E-state index in [9.17, 15) is 8.42 Å². The lowest BCUT2D eigenvalue weighted by Gasteiger charge is -2.15. The summed E-state index contributed by atoms with van der Waals surface area (Å²) in [6, 6.07) is 4.43. The molecule has 0 aliphatic heterocycles. The first-order valence-corrected chi connectivity index (χ1v) is 7.95. The zero-order valence-corrected chi connectivity index (χ0v) is 13.0. The van der Waals surface area contributed by atoms with Gasteiger partial charge in [0.05, 0.1) is 11.1 Å². The summed E-state index contributed by atoms with van der Waals surface area (Å²) < 4.78 is 28.6. The number of ether oxygens (including phenoxy) is 1. The van der Waals surface area contributed by atoms with Gasteiger partial charge in [0.1, 0.15) is 5.75 Å². The van der Waals surface area contributed by atoms with E-state index in [0.29, 0.717) is 5.75 Å². The Hall–Kier alpha value is -2.39. The van der Waals surface area contributed by atoms with E-state index in [1.165, 1.54) is 18.3 Å². The van der Waals surface area contributed by atoms with Crippen molar-refractivity contribution in [3.63, 3.8) is 0 Å². The van der Waals surface area contributed by atoms with Crippen molar-refractivity contribution < 1.29 is 13.2 Å². The van der Waals surface area contributed by atoms with Crippen LogP contribution in [0.15, 0.2) is 29.3 Å². The zero-order chi connectivity index (χ0) is 16.5. The topological polar surface area (TPSA) is 147 Å². The summed E-state index contributed by atoms with van der Waals surface area (Å²) in [6.45, 7) is 3.89. The Morgan fingerprint density at radius 3 is 2.41 bits per heavy atom. The van der Waals surface area contributed by atoms with E-state index in [4.69, 9.17) is 21.3 Å². The second-order valence-electron chi connectivity index (χ2n) is 4.98. The highest BCUT2D eigenvalue weighted by Gasteiger charge is 2.16. The maximum Gasteiger partial charge on any atom is 0.238 e. The van der Waals surface area contributed by atoms with Gasteiger partial charge in [0.25, 0.3) is 0 Å². The molecule has 9 heteroatoms. The molecule has 2 rings (SSSR count). The minimum atomic E-state index is -3.84. The van der Waals surface area contributed by atoms with Gasteiger partial charge in [0, 0.05) is 6.07 Å². The Morgan fingerprint density at radius 2 is 1.86 bits per heavy atom. The zero-order valence-electron chi connectivity index (χ0n) is 12.1. The van der Waals surface area contributed by atoms with Crippen LogP contribution in [0.25, 0.3) is 0 Å². The smallest absolute Gasteiger partial charge is 0.238 e. The molecule has 0 unspecified atom stereocenters. The van der Waals surface area contributed by atoms with Gasteiger partial charge < -0.3 is 16.2 Å². The molecule has 6 N–H and O–H groups in total. The molecule has 0 amide bonds. The first kappa shape index (κ1) is 16.0. The largest absolute Gasteiger partial charge is 0.452 e. The standard InChI is InChI=1S/C13H17N5O3S/c1-7(2)9-4-3-8(22(16,19)20)5-10(9)21-11-6-17-13(15)18-12(11)14/h3-7H,1-2H3,(H2,16,19,20)(H4,14,15,17,18). The normalized spacial score (nSPS) is 11.6. The summed E-state index contributed by atoms with van der Waals surface area (Å²) in [7, 11) is -3.84. The molecule has 0 saturated carbocycles. The number of nitrogen functional groups attached to an aromatic ring is 2. The maximum atomic E-state index is 11.5. The van der Waals surface area contributed by atoms with Crippen LogP contribution in [-0.2, 0) is 10.0 Å². The third-order valence-corrected chi connectivity index (χ3v) is 3.87. The minimum Gasteiger partial charge on any atom is -0.452 e. The van der Waals surface area contributed by atoms with E-state index >= 15 is 0 Å². The van der Waals surface area contributed by atoms with Crippen molar-refractivity contribution in [1.82, 2.24) is 9.97 Å². The number of rotatable bonds is 4. The summed E-state index contributed by atoms with van der Waals surface area (Å²) in [5.41, 5.74) is 11.9. The van der Waals surface area contributed by atoms with Crippen LogP contribution in [0, 0.1) is 0 Å². The first-order valence-electron chi connectivity index (χ1n) is 6.41. The SMILES string of the molecule is CC(C)c1ccc(S(N)(=O)=O)cc1Oc1cnc(N)nc1N. The number of primary sulfonamides is 1. The molecule has 0 saturated heterocycles. The number of benzene rings is 1. The second-order valence-corrected chi connectivity index (χ2v) is 6.54. The monoisotopic (exact) mass is 323 g/mol. The molecule has 1 aromatic carbocycles. The van der Waals surface area contributed by atoms with Crippen molar-refractivity contribution in [3.8, 4) is 11.5 Å². The van der Waals surface area contributed by atoms with E-state index in [0.717, 1.165) is 5.56 Å². The first-order chi connectivity index (χ1) is 10.2. The fraction of sp³-hybridized carbons (Fsp3) is 0.231. The summed E-state index contributed by atoms with van der Waals surface area (Å²) in [5.74, 6) is 0.681. The van der Waals surface area contributed by atoms with Gasteiger partial charge in [0.2, 0.25) is 16.0 Å². The van der Waals surface area contributed by atoms with Gasteiger partial charge in [-0.2, -0.15) is 4.98 Å². The number of nitrogens with two attached hydrogens (primary N) is 3. The molecular weight excluding hydrogens is 306 g/mol. The van der Waals surface area contributed by atoms with Crippen molar-refractivity contribution in [2.24, 2.45) is 5.14 Å². The average Bonchev–Trinajstić information content (AvgIpc) is 2.40. The molecule has 8 nitrogen and oxygen atoms in total. The highest BCUT2D eigenvalue weighted by molar-refractivity contribution is 7.89. The summed E-state index contributed by atoms with van der Waals surface area (Å²) in [5, 5.41) is 5.15. The van der Waals surface area contributed by atoms with Crippen LogP contribution in [0.4, 0.5) is 11.8 Å². The van der Waals surface area contributed by atoms with Gasteiger partial charge in [-0.05, 0) is 17.5 Å². The highest BCUT2D eigenvalue weighted by atomic mass is 32.2. The molecule has 0 fully saturated rings. The number of sulfonamides is 1. The highest BCUT2D eigenvalue weighted by Crippen LogP contribution is 2.34. The summed E-state index contributed by atoms with van der Waals surface area (Å²) in [4.78, 5) is 7.54. The molecule has 0 bridgehead atoms. The van der Waals surface area contributed by atoms with Crippen LogP contribution < -0.4 is 21.3 Å². The summed E-state index contributed by atoms with van der Waals surface area (Å²) >= 11 is 0. The van der Waals surface area contributed by atoms with Gasteiger partial charge in [-0.3, -0.25) is 0 Å². The van der Waals surface area contributed by atoms with Crippen LogP contribution in [-0.4, -0.2) is 18.4 Å².